The van der Waals surface area contributed by atoms with Crippen LogP contribution in [0.2, 0.25) is 0 Å². The van der Waals surface area contributed by atoms with Crippen LogP contribution in [0.5, 0.6) is 0 Å². The van der Waals surface area contributed by atoms with Crippen LogP contribution in [-0.4, -0.2) is 46.8 Å². The Bertz CT molecular complexity index is 735. The third-order valence-corrected chi connectivity index (χ3v) is 5.75. The van der Waals surface area contributed by atoms with Gasteiger partial charge in [-0.2, -0.15) is 0 Å². The van der Waals surface area contributed by atoms with Gasteiger partial charge in [0.1, 0.15) is 0 Å². The van der Waals surface area contributed by atoms with Gasteiger partial charge in [0.05, 0.1) is 0 Å². The first-order chi connectivity index (χ1) is 12.0. The SMILES string of the molecule is CC1(CN2C(=O)C[C@@H]3Cc4ccccc4CN3C2=O)CCC(=O)NC1. The quantitative estimate of drug-likeness (QED) is 0.890. The van der Waals surface area contributed by atoms with Crippen molar-refractivity contribution >= 4 is 17.8 Å². The normalized spacial score (nSPS) is 29.2. The van der Waals surface area contributed by atoms with Gasteiger partial charge in [-0.1, -0.05) is 31.2 Å². The Morgan fingerprint density at radius 2 is 1.92 bits per heavy atom. The lowest BCUT2D eigenvalue weighted by Gasteiger charge is -2.46. The molecular formula is C19H23N3O3. The standard InChI is InChI=1S/C19H23N3O3/c1-19(7-6-16(23)20-11-19)12-22-17(24)9-15-8-13-4-2-3-5-14(13)10-21(15)18(22)25/h2-5,15H,6-12H2,1H3,(H,20,23)/t15-,19?/m0/s1. The molecule has 6 nitrogen and oxygen atoms in total. The topological polar surface area (TPSA) is 69.7 Å². The summed E-state index contributed by atoms with van der Waals surface area (Å²) in [6.45, 7) is 3.48. The second-order valence-corrected chi connectivity index (χ2v) is 7.81. The first-order valence-corrected chi connectivity index (χ1v) is 8.90. The zero-order valence-electron chi connectivity index (χ0n) is 14.5. The van der Waals surface area contributed by atoms with Gasteiger partial charge in [0, 0.05) is 43.9 Å². The molecule has 1 aromatic carbocycles. The Labute approximate surface area is 147 Å². The summed E-state index contributed by atoms with van der Waals surface area (Å²) < 4.78 is 0. The fourth-order valence-corrected chi connectivity index (χ4v) is 4.14. The van der Waals surface area contributed by atoms with E-state index in [0.717, 1.165) is 12.0 Å². The van der Waals surface area contributed by atoms with Gasteiger partial charge in [0.25, 0.3) is 0 Å². The van der Waals surface area contributed by atoms with E-state index in [2.05, 4.69) is 17.4 Å². The van der Waals surface area contributed by atoms with Crippen molar-refractivity contribution in [3.8, 4) is 0 Å². The number of imide groups is 1. The van der Waals surface area contributed by atoms with E-state index in [4.69, 9.17) is 0 Å². The van der Waals surface area contributed by atoms with Gasteiger partial charge in [-0.15, -0.1) is 0 Å². The number of rotatable bonds is 2. The van der Waals surface area contributed by atoms with Gasteiger partial charge in [0.2, 0.25) is 11.8 Å². The monoisotopic (exact) mass is 341 g/mol. The molecule has 1 aromatic rings. The zero-order chi connectivity index (χ0) is 17.6. The number of nitrogens with one attached hydrogen (secondary N) is 1. The van der Waals surface area contributed by atoms with Crippen molar-refractivity contribution in [2.45, 2.75) is 45.2 Å². The molecule has 3 aliphatic rings. The molecule has 6 heteroatoms. The van der Waals surface area contributed by atoms with Gasteiger partial charge in [-0.3, -0.25) is 14.5 Å². The Hall–Kier alpha value is -2.37. The average molecular weight is 341 g/mol. The van der Waals surface area contributed by atoms with E-state index in [-0.39, 0.29) is 29.3 Å². The van der Waals surface area contributed by atoms with E-state index in [1.165, 1.54) is 10.5 Å². The minimum atomic E-state index is -0.250. The van der Waals surface area contributed by atoms with E-state index < -0.39 is 0 Å². The van der Waals surface area contributed by atoms with E-state index in [1.54, 1.807) is 0 Å². The molecule has 2 atom stereocenters. The summed E-state index contributed by atoms with van der Waals surface area (Å²) in [6, 6.07) is 7.91. The van der Waals surface area contributed by atoms with Crippen LogP contribution in [0.15, 0.2) is 24.3 Å². The number of fused-ring (bicyclic) bond motifs is 2. The highest BCUT2D eigenvalue weighted by Gasteiger charge is 2.44. The molecule has 2 fully saturated rings. The minimum Gasteiger partial charge on any atom is -0.355 e. The van der Waals surface area contributed by atoms with Crippen molar-refractivity contribution in [2.75, 3.05) is 13.1 Å². The van der Waals surface area contributed by atoms with Crippen LogP contribution >= 0.6 is 0 Å². The number of hydrogen-bond donors (Lipinski definition) is 1. The highest BCUT2D eigenvalue weighted by atomic mass is 16.2. The summed E-state index contributed by atoms with van der Waals surface area (Å²) in [7, 11) is 0. The van der Waals surface area contributed by atoms with Crippen LogP contribution in [0, 0.1) is 5.41 Å². The summed E-state index contributed by atoms with van der Waals surface area (Å²) in [4.78, 5) is 40.3. The maximum Gasteiger partial charge on any atom is 0.327 e. The molecule has 0 aliphatic carbocycles. The van der Waals surface area contributed by atoms with Crippen LogP contribution in [0.25, 0.3) is 0 Å². The first-order valence-electron chi connectivity index (χ1n) is 8.90. The summed E-state index contributed by atoms with van der Waals surface area (Å²) in [5.41, 5.74) is 2.15. The molecule has 1 unspecified atom stereocenters. The van der Waals surface area contributed by atoms with Gasteiger partial charge in [-0.25, -0.2) is 4.79 Å². The van der Waals surface area contributed by atoms with E-state index in [1.807, 2.05) is 24.0 Å². The lowest BCUT2D eigenvalue weighted by Crippen LogP contribution is -2.61. The van der Waals surface area contributed by atoms with Gasteiger partial charge in [-0.05, 0) is 24.0 Å². The second-order valence-electron chi connectivity index (χ2n) is 7.81. The Kier molecular flexibility index (Phi) is 3.78. The number of benzene rings is 1. The lowest BCUT2D eigenvalue weighted by molar-refractivity contribution is -0.135. The Balaban J connectivity index is 1.53. The fourth-order valence-electron chi connectivity index (χ4n) is 4.14. The van der Waals surface area contributed by atoms with Crippen molar-refractivity contribution in [1.82, 2.24) is 15.1 Å². The molecule has 0 saturated carbocycles. The lowest BCUT2D eigenvalue weighted by atomic mass is 9.81. The van der Waals surface area contributed by atoms with Crippen molar-refractivity contribution in [3.05, 3.63) is 35.4 Å². The van der Waals surface area contributed by atoms with E-state index in [9.17, 15) is 14.4 Å². The molecule has 2 saturated heterocycles. The highest BCUT2D eigenvalue weighted by Crippen LogP contribution is 2.33. The summed E-state index contributed by atoms with van der Waals surface area (Å²) >= 11 is 0. The van der Waals surface area contributed by atoms with Crippen molar-refractivity contribution in [2.24, 2.45) is 5.41 Å². The highest BCUT2D eigenvalue weighted by molar-refractivity contribution is 5.97. The van der Waals surface area contributed by atoms with Crippen LogP contribution in [0.3, 0.4) is 0 Å². The van der Waals surface area contributed by atoms with Gasteiger partial charge < -0.3 is 10.2 Å². The number of carbonyl (C=O) groups is 3. The molecule has 0 bridgehead atoms. The Morgan fingerprint density at radius 1 is 1.16 bits per heavy atom. The average Bonchev–Trinajstić information content (AvgIpc) is 2.60. The molecule has 132 valence electrons. The zero-order valence-corrected chi connectivity index (χ0v) is 14.5. The van der Waals surface area contributed by atoms with E-state index in [0.29, 0.717) is 38.9 Å². The molecule has 4 rings (SSSR count). The van der Waals surface area contributed by atoms with Crippen LogP contribution in [-0.2, 0) is 22.6 Å². The second kappa shape index (κ2) is 5.86. The predicted octanol–water partition coefficient (Wildman–Crippen LogP) is 1.68. The largest absolute Gasteiger partial charge is 0.355 e. The van der Waals surface area contributed by atoms with Gasteiger partial charge in [0.15, 0.2) is 0 Å². The van der Waals surface area contributed by atoms with Crippen molar-refractivity contribution < 1.29 is 14.4 Å². The first kappa shape index (κ1) is 16.1. The third-order valence-electron chi connectivity index (χ3n) is 5.75. The summed E-state index contributed by atoms with van der Waals surface area (Å²) in [5, 5.41) is 2.86. The molecule has 1 N–H and O–H groups in total. The predicted molar refractivity (Wildman–Crippen MR) is 91.6 cm³/mol. The number of nitrogens with zero attached hydrogens (tertiary/aromatic N) is 2. The number of amides is 4. The van der Waals surface area contributed by atoms with Gasteiger partial charge >= 0.3 is 6.03 Å². The van der Waals surface area contributed by atoms with Crippen molar-refractivity contribution in [3.63, 3.8) is 0 Å². The molecule has 4 amide bonds. The molecule has 0 spiro atoms. The van der Waals surface area contributed by atoms with Crippen LogP contribution in [0.4, 0.5) is 4.79 Å². The molecule has 0 aromatic heterocycles. The smallest absolute Gasteiger partial charge is 0.327 e. The maximum atomic E-state index is 13.0. The summed E-state index contributed by atoms with van der Waals surface area (Å²) in [6.07, 6.45) is 2.27. The Morgan fingerprint density at radius 3 is 2.64 bits per heavy atom. The molecule has 0 radical (unpaired) electrons. The van der Waals surface area contributed by atoms with Crippen LogP contribution in [0.1, 0.15) is 37.3 Å². The molecule has 25 heavy (non-hydrogen) atoms. The number of hydrogen-bond acceptors (Lipinski definition) is 3. The molecular weight excluding hydrogens is 318 g/mol. The summed E-state index contributed by atoms with van der Waals surface area (Å²) in [5.74, 6) is -0.0507. The number of urea groups is 1. The molecule has 3 aliphatic heterocycles. The molecule has 3 heterocycles. The van der Waals surface area contributed by atoms with E-state index >= 15 is 0 Å². The van der Waals surface area contributed by atoms with Crippen molar-refractivity contribution in [1.29, 1.82) is 0 Å². The number of carbonyl (C=O) groups excluding carboxylic acids is 3. The number of piperidine rings is 1. The third kappa shape index (κ3) is 2.90. The fraction of sp³-hybridized carbons (Fsp3) is 0.526. The maximum absolute atomic E-state index is 13.0. The minimum absolute atomic E-state index is 0.0370. The van der Waals surface area contributed by atoms with Crippen LogP contribution < -0.4 is 5.32 Å².